The summed E-state index contributed by atoms with van der Waals surface area (Å²) in [5, 5.41) is 0.211. The molecule has 0 fully saturated rings. The lowest BCUT2D eigenvalue weighted by molar-refractivity contribution is -0.113. The number of hydrogen-bond donors (Lipinski definition) is 0. The summed E-state index contributed by atoms with van der Waals surface area (Å²) in [6, 6.07) is 11.0. The first-order valence-corrected chi connectivity index (χ1v) is 6.26. The van der Waals surface area contributed by atoms with Gasteiger partial charge in [0.05, 0.1) is 5.92 Å². The topological polar surface area (TPSA) is 30.0 Å². The Kier molecular flexibility index (Phi) is 4.34. The van der Waals surface area contributed by atoms with Gasteiger partial charge in [0.2, 0.25) is 5.24 Å². The number of carbonyl (C=O) groups is 1. The molecule has 1 heterocycles. The van der Waals surface area contributed by atoms with Gasteiger partial charge in [0, 0.05) is 17.4 Å². The van der Waals surface area contributed by atoms with Crippen LogP contribution in [0.4, 0.5) is 0 Å². The Morgan fingerprint density at radius 3 is 2.72 bits per heavy atom. The molecular formula is C14H11Cl2NO. The molecule has 0 aliphatic carbocycles. The van der Waals surface area contributed by atoms with Crippen molar-refractivity contribution >= 4 is 28.4 Å². The van der Waals surface area contributed by atoms with Crippen molar-refractivity contribution < 1.29 is 4.79 Å². The van der Waals surface area contributed by atoms with Gasteiger partial charge >= 0.3 is 0 Å². The van der Waals surface area contributed by atoms with Crippen molar-refractivity contribution in [3.63, 3.8) is 0 Å². The van der Waals surface area contributed by atoms with Crippen LogP contribution in [0, 0.1) is 0 Å². The van der Waals surface area contributed by atoms with E-state index in [0.29, 0.717) is 11.4 Å². The molecule has 92 valence electrons. The Hall–Kier alpha value is -1.38. The maximum absolute atomic E-state index is 11.6. The van der Waals surface area contributed by atoms with Crippen LogP contribution in [0.2, 0.25) is 5.02 Å². The Bertz CT molecular complexity index is 543. The van der Waals surface area contributed by atoms with Crippen LogP contribution in [-0.4, -0.2) is 10.2 Å². The number of halogens is 2. The molecule has 0 saturated carbocycles. The summed E-state index contributed by atoms with van der Waals surface area (Å²) in [7, 11) is 0. The maximum atomic E-state index is 11.6. The van der Waals surface area contributed by atoms with E-state index in [1.165, 1.54) is 0 Å². The molecule has 1 aromatic carbocycles. The van der Waals surface area contributed by atoms with Gasteiger partial charge in [0.15, 0.2) is 0 Å². The summed E-state index contributed by atoms with van der Waals surface area (Å²) in [6.07, 6.45) is 3.95. The van der Waals surface area contributed by atoms with Crippen LogP contribution < -0.4 is 0 Å². The average molecular weight is 280 g/mol. The molecule has 0 aliphatic heterocycles. The van der Waals surface area contributed by atoms with Crippen molar-refractivity contribution in [1.29, 1.82) is 0 Å². The highest BCUT2D eigenvalue weighted by atomic mass is 35.5. The normalized spacial score (nSPS) is 12.1. The molecule has 1 unspecified atom stereocenters. The number of nitrogens with zero attached hydrogens (tertiary/aromatic N) is 1. The lowest BCUT2D eigenvalue weighted by atomic mass is 9.94. The van der Waals surface area contributed by atoms with Crippen LogP contribution in [0.15, 0.2) is 48.8 Å². The zero-order chi connectivity index (χ0) is 13.0. The Morgan fingerprint density at radius 1 is 1.28 bits per heavy atom. The fourth-order valence-electron chi connectivity index (χ4n) is 1.81. The summed E-state index contributed by atoms with van der Waals surface area (Å²) in [6.45, 7) is 0. The van der Waals surface area contributed by atoms with Gasteiger partial charge in [-0.25, -0.2) is 0 Å². The first-order chi connectivity index (χ1) is 8.66. The fraction of sp³-hybridized carbons (Fsp3) is 0.143. The third-order valence-electron chi connectivity index (χ3n) is 2.69. The number of aromatic nitrogens is 1. The molecule has 0 N–H and O–H groups in total. The highest BCUT2D eigenvalue weighted by molar-refractivity contribution is 6.64. The van der Waals surface area contributed by atoms with Crippen molar-refractivity contribution in [3.8, 4) is 0 Å². The molecule has 2 rings (SSSR count). The largest absolute Gasteiger partial charge is 0.281 e. The Balaban J connectivity index is 2.27. The third kappa shape index (κ3) is 3.31. The SMILES string of the molecule is O=C(Cl)C(Cc1cccnc1)c1cccc(Cl)c1. The van der Waals surface area contributed by atoms with Gasteiger partial charge in [-0.3, -0.25) is 9.78 Å². The minimum Gasteiger partial charge on any atom is -0.281 e. The van der Waals surface area contributed by atoms with Crippen LogP contribution in [-0.2, 0) is 11.2 Å². The van der Waals surface area contributed by atoms with Gasteiger partial charge in [0.25, 0.3) is 0 Å². The first-order valence-electron chi connectivity index (χ1n) is 5.50. The second-order valence-electron chi connectivity index (χ2n) is 3.98. The number of benzene rings is 1. The maximum Gasteiger partial charge on any atom is 0.229 e. The zero-order valence-corrected chi connectivity index (χ0v) is 11.0. The minimum absolute atomic E-state index is 0.388. The minimum atomic E-state index is -0.394. The fourth-order valence-corrected chi connectivity index (χ4v) is 2.21. The lowest BCUT2D eigenvalue weighted by Crippen LogP contribution is -2.10. The van der Waals surface area contributed by atoms with Crippen molar-refractivity contribution in [2.24, 2.45) is 0 Å². The summed E-state index contributed by atoms with van der Waals surface area (Å²) < 4.78 is 0. The van der Waals surface area contributed by atoms with Gasteiger partial charge in [-0.05, 0) is 47.3 Å². The molecule has 0 spiro atoms. The Labute approximate surface area is 116 Å². The van der Waals surface area contributed by atoms with Crippen molar-refractivity contribution in [2.45, 2.75) is 12.3 Å². The lowest BCUT2D eigenvalue weighted by Gasteiger charge is -2.13. The van der Waals surface area contributed by atoms with E-state index in [2.05, 4.69) is 4.98 Å². The van der Waals surface area contributed by atoms with Gasteiger partial charge in [-0.1, -0.05) is 29.8 Å². The molecule has 4 heteroatoms. The van der Waals surface area contributed by atoms with E-state index < -0.39 is 5.92 Å². The Morgan fingerprint density at radius 2 is 2.11 bits per heavy atom. The van der Waals surface area contributed by atoms with Gasteiger partial charge in [-0.2, -0.15) is 0 Å². The monoisotopic (exact) mass is 279 g/mol. The standard InChI is InChI=1S/C14H11Cl2NO/c15-12-5-1-4-11(8-12)13(14(16)18)7-10-3-2-6-17-9-10/h1-6,8-9,13H,7H2. The number of pyridine rings is 1. The highest BCUT2D eigenvalue weighted by Crippen LogP contribution is 2.25. The van der Waals surface area contributed by atoms with Crippen LogP contribution >= 0.6 is 23.2 Å². The van der Waals surface area contributed by atoms with E-state index in [1.807, 2.05) is 24.3 Å². The van der Waals surface area contributed by atoms with Gasteiger partial charge in [0.1, 0.15) is 0 Å². The number of carbonyl (C=O) groups excluding carboxylic acids is 1. The number of hydrogen-bond acceptors (Lipinski definition) is 2. The molecule has 0 radical (unpaired) electrons. The summed E-state index contributed by atoms with van der Waals surface area (Å²) >= 11 is 11.6. The third-order valence-corrected chi connectivity index (χ3v) is 3.19. The first kappa shape index (κ1) is 13.1. The highest BCUT2D eigenvalue weighted by Gasteiger charge is 2.19. The molecule has 2 aromatic rings. The predicted octanol–water partition coefficient (Wildman–Crippen LogP) is 3.83. The van der Waals surface area contributed by atoms with E-state index >= 15 is 0 Å². The van der Waals surface area contributed by atoms with Crippen LogP contribution in [0.1, 0.15) is 17.0 Å². The van der Waals surface area contributed by atoms with E-state index in [9.17, 15) is 4.79 Å². The molecule has 0 saturated heterocycles. The molecule has 0 amide bonds. The molecule has 0 bridgehead atoms. The number of rotatable bonds is 4. The summed E-state index contributed by atoms with van der Waals surface area (Å²) in [5.74, 6) is -0.394. The predicted molar refractivity (Wildman–Crippen MR) is 73.0 cm³/mol. The van der Waals surface area contributed by atoms with Crippen molar-refractivity contribution in [3.05, 3.63) is 64.9 Å². The molecular weight excluding hydrogens is 269 g/mol. The zero-order valence-electron chi connectivity index (χ0n) is 9.51. The van der Waals surface area contributed by atoms with Crippen molar-refractivity contribution in [2.75, 3.05) is 0 Å². The second kappa shape index (κ2) is 5.98. The summed E-state index contributed by atoms with van der Waals surface area (Å²) in [4.78, 5) is 15.6. The molecule has 1 aromatic heterocycles. The van der Waals surface area contributed by atoms with E-state index in [1.54, 1.807) is 24.5 Å². The quantitative estimate of drug-likeness (QED) is 0.797. The van der Waals surface area contributed by atoms with E-state index in [0.717, 1.165) is 11.1 Å². The van der Waals surface area contributed by atoms with Gasteiger partial charge < -0.3 is 0 Å². The van der Waals surface area contributed by atoms with Crippen LogP contribution in [0.25, 0.3) is 0 Å². The van der Waals surface area contributed by atoms with E-state index in [-0.39, 0.29) is 5.24 Å². The van der Waals surface area contributed by atoms with Crippen molar-refractivity contribution in [1.82, 2.24) is 4.98 Å². The van der Waals surface area contributed by atoms with Crippen LogP contribution in [0.3, 0.4) is 0 Å². The molecule has 18 heavy (non-hydrogen) atoms. The second-order valence-corrected chi connectivity index (χ2v) is 4.79. The molecule has 1 atom stereocenters. The van der Waals surface area contributed by atoms with Crippen LogP contribution in [0.5, 0.6) is 0 Å². The molecule has 0 aliphatic rings. The van der Waals surface area contributed by atoms with Gasteiger partial charge in [-0.15, -0.1) is 0 Å². The van der Waals surface area contributed by atoms with E-state index in [4.69, 9.17) is 23.2 Å². The summed E-state index contributed by atoms with van der Waals surface area (Å²) in [5.41, 5.74) is 1.79. The molecule has 2 nitrogen and oxygen atoms in total. The average Bonchev–Trinajstić information content (AvgIpc) is 2.37. The smallest absolute Gasteiger partial charge is 0.229 e.